The molecular formula is C27H32FN11O2. The maximum absolute atomic E-state index is 13.5. The minimum atomic E-state index is -0.946. The van der Waals surface area contributed by atoms with Crippen molar-refractivity contribution in [3.63, 3.8) is 0 Å². The van der Waals surface area contributed by atoms with Crippen molar-refractivity contribution in [1.82, 2.24) is 46.2 Å². The van der Waals surface area contributed by atoms with Crippen LogP contribution in [0.4, 0.5) is 10.2 Å². The Labute approximate surface area is 235 Å². The van der Waals surface area contributed by atoms with Crippen LogP contribution in [0, 0.1) is 18.7 Å². The first kappa shape index (κ1) is 26.7. The van der Waals surface area contributed by atoms with Crippen LogP contribution in [-0.2, 0) is 9.53 Å². The molecule has 5 N–H and O–H groups in total. The highest BCUT2D eigenvalue weighted by atomic mass is 19.1. The minimum absolute atomic E-state index is 0.106. The average molecular weight is 562 g/mol. The number of aliphatic imine (C=N–C) groups is 1. The van der Waals surface area contributed by atoms with Gasteiger partial charge < -0.3 is 20.8 Å². The topological polar surface area (TPSA) is 149 Å². The standard InChI is InChI=1S/C27H32FN11O2/c1-16-10-23(36-35-16)33-22-11-21-14-30-37-39(21)25(34-22)18-6-8-27(41-3,9-7-18)26(40)32-17(2)19-4-5-24(29-12-19)38-15-20(28)13-31-38/h4-5,10-15,17-18,30,37H,6-9H2,1-3H3,(H,32,40)(H2,33,35,36)/t17-,18-,27+/m0/s1. The Bertz CT molecular complexity index is 1520. The van der Waals surface area contributed by atoms with Gasteiger partial charge in [-0.15, -0.1) is 5.53 Å². The number of carbonyl (C=O) groups is 1. The lowest BCUT2D eigenvalue weighted by atomic mass is 9.77. The third-order valence-electron chi connectivity index (χ3n) is 7.73. The highest BCUT2D eigenvalue weighted by Crippen LogP contribution is 2.38. The molecule has 0 saturated heterocycles. The zero-order valence-electron chi connectivity index (χ0n) is 23.0. The van der Waals surface area contributed by atoms with Gasteiger partial charge in [0.2, 0.25) is 0 Å². The van der Waals surface area contributed by atoms with Crippen molar-refractivity contribution in [2.45, 2.75) is 51.2 Å². The number of rotatable bonds is 8. The number of aromatic amines is 1. The number of methoxy groups -OCH3 is 1. The lowest BCUT2D eigenvalue weighted by Crippen LogP contribution is -2.53. The van der Waals surface area contributed by atoms with E-state index in [0.29, 0.717) is 43.1 Å². The number of halogens is 1. The van der Waals surface area contributed by atoms with Crippen molar-refractivity contribution < 1.29 is 13.9 Å². The molecule has 14 heteroatoms. The molecule has 3 aliphatic rings. The first-order chi connectivity index (χ1) is 19.8. The molecule has 0 bridgehead atoms. The quantitative estimate of drug-likeness (QED) is 0.280. The van der Waals surface area contributed by atoms with E-state index < -0.39 is 11.4 Å². The molecule has 1 fully saturated rings. The molecule has 2 aliphatic heterocycles. The summed E-state index contributed by atoms with van der Waals surface area (Å²) in [4.78, 5) is 22.8. The Kier molecular flexibility index (Phi) is 7.01. The Morgan fingerprint density at radius 1 is 1.27 bits per heavy atom. The van der Waals surface area contributed by atoms with Crippen LogP contribution in [0.25, 0.3) is 5.82 Å². The predicted octanol–water partition coefficient (Wildman–Crippen LogP) is 2.72. The predicted molar refractivity (Wildman–Crippen MR) is 148 cm³/mol. The van der Waals surface area contributed by atoms with Gasteiger partial charge in [0.25, 0.3) is 5.91 Å². The number of amidine groups is 1. The van der Waals surface area contributed by atoms with Gasteiger partial charge in [0, 0.05) is 43.3 Å². The normalized spacial score (nSPS) is 22.7. The van der Waals surface area contributed by atoms with Crippen LogP contribution in [-0.4, -0.2) is 54.4 Å². The number of hydrogen-bond donors (Lipinski definition) is 5. The van der Waals surface area contributed by atoms with E-state index in [1.807, 2.05) is 43.3 Å². The highest BCUT2D eigenvalue weighted by Gasteiger charge is 2.45. The monoisotopic (exact) mass is 561 g/mol. The van der Waals surface area contributed by atoms with E-state index >= 15 is 0 Å². The van der Waals surface area contributed by atoms with Crippen LogP contribution >= 0.6 is 0 Å². The fourth-order valence-electron chi connectivity index (χ4n) is 5.39. The maximum atomic E-state index is 13.5. The zero-order valence-corrected chi connectivity index (χ0v) is 23.0. The van der Waals surface area contributed by atoms with E-state index in [0.717, 1.165) is 29.0 Å². The molecule has 5 heterocycles. The number of amides is 1. The zero-order chi connectivity index (χ0) is 28.6. The molecule has 0 aromatic carbocycles. The van der Waals surface area contributed by atoms with Crippen LogP contribution < -0.4 is 21.6 Å². The minimum Gasteiger partial charge on any atom is -0.368 e. The molecule has 1 saturated carbocycles. The van der Waals surface area contributed by atoms with Gasteiger partial charge in [-0.25, -0.2) is 24.1 Å². The van der Waals surface area contributed by atoms with E-state index in [4.69, 9.17) is 9.73 Å². The number of aromatic nitrogens is 5. The number of fused-ring (bicyclic) bond motifs is 1. The molecular weight excluding hydrogens is 529 g/mol. The summed E-state index contributed by atoms with van der Waals surface area (Å²) >= 11 is 0. The molecule has 1 amide bonds. The van der Waals surface area contributed by atoms with Gasteiger partial charge in [-0.3, -0.25) is 9.89 Å². The van der Waals surface area contributed by atoms with E-state index in [1.165, 1.54) is 10.9 Å². The van der Waals surface area contributed by atoms with Crippen molar-refractivity contribution in [3.05, 3.63) is 77.7 Å². The van der Waals surface area contributed by atoms with Crippen molar-refractivity contribution in [2.75, 3.05) is 12.4 Å². The first-order valence-electron chi connectivity index (χ1n) is 13.5. The summed E-state index contributed by atoms with van der Waals surface area (Å²) in [5.74, 6) is 2.24. The summed E-state index contributed by atoms with van der Waals surface area (Å²) in [7, 11) is 1.59. The molecule has 13 nitrogen and oxygen atoms in total. The average Bonchev–Trinajstić information content (AvgIpc) is 3.74. The fraction of sp³-hybridized carbons (Fsp3) is 0.370. The van der Waals surface area contributed by atoms with Crippen molar-refractivity contribution in [2.24, 2.45) is 10.9 Å². The summed E-state index contributed by atoms with van der Waals surface area (Å²) in [6, 6.07) is 5.19. The van der Waals surface area contributed by atoms with Crippen LogP contribution in [0.2, 0.25) is 0 Å². The summed E-state index contributed by atoms with van der Waals surface area (Å²) < 4.78 is 20.5. The van der Waals surface area contributed by atoms with E-state index in [9.17, 15) is 9.18 Å². The lowest BCUT2D eigenvalue weighted by Gasteiger charge is -2.40. The molecule has 3 aromatic rings. The molecule has 0 unspecified atom stereocenters. The van der Waals surface area contributed by atoms with Gasteiger partial charge in [-0.1, -0.05) is 6.07 Å². The number of carbonyl (C=O) groups excluding carboxylic acids is 1. The number of nitrogens with one attached hydrogen (secondary N) is 5. The van der Waals surface area contributed by atoms with E-state index in [1.54, 1.807) is 19.4 Å². The summed E-state index contributed by atoms with van der Waals surface area (Å²) in [6.45, 7) is 3.84. The van der Waals surface area contributed by atoms with Gasteiger partial charge in [-0.05, 0) is 51.2 Å². The van der Waals surface area contributed by atoms with Crippen molar-refractivity contribution in [1.29, 1.82) is 0 Å². The molecule has 6 rings (SSSR count). The third kappa shape index (κ3) is 5.30. The fourth-order valence-corrected chi connectivity index (χ4v) is 5.39. The second-order valence-corrected chi connectivity index (χ2v) is 10.4. The van der Waals surface area contributed by atoms with Crippen molar-refractivity contribution >= 4 is 17.6 Å². The van der Waals surface area contributed by atoms with Gasteiger partial charge >= 0.3 is 0 Å². The van der Waals surface area contributed by atoms with E-state index in [2.05, 4.69) is 41.9 Å². The number of ether oxygens (including phenoxy) is 1. The second kappa shape index (κ2) is 10.8. The largest absolute Gasteiger partial charge is 0.368 e. The van der Waals surface area contributed by atoms with Gasteiger partial charge in [0.1, 0.15) is 17.3 Å². The summed E-state index contributed by atoms with van der Waals surface area (Å²) in [6.07, 6.45) is 10.4. The Morgan fingerprint density at radius 3 is 2.76 bits per heavy atom. The maximum Gasteiger partial charge on any atom is 0.252 e. The Hall–Kier alpha value is -4.56. The third-order valence-corrected chi connectivity index (χ3v) is 7.73. The Balaban J connectivity index is 1.11. The molecule has 1 atom stereocenters. The van der Waals surface area contributed by atoms with Crippen LogP contribution in [0.5, 0.6) is 0 Å². The molecule has 41 heavy (non-hydrogen) atoms. The number of nitrogens with zero attached hydrogens (tertiary/aromatic N) is 6. The Morgan fingerprint density at radius 2 is 2.10 bits per heavy atom. The molecule has 1 aliphatic carbocycles. The number of hydrogen-bond acceptors (Lipinski definition) is 10. The SMILES string of the molecule is CO[C@]1(C(=O)N[C@@H](C)c2ccc(-n3cc(F)cn3)nc2)CC[C@H](C2=NC(Nc3cc(C)[nH]n3)=CC3=CNNN32)CC1. The van der Waals surface area contributed by atoms with Crippen LogP contribution in [0.15, 0.2) is 65.6 Å². The van der Waals surface area contributed by atoms with Crippen molar-refractivity contribution in [3.8, 4) is 5.82 Å². The number of anilines is 1. The first-order valence-corrected chi connectivity index (χ1v) is 13.5. The summed E-state index contributed by atoms with van der Waals surface area (Å²) in [5, 5.41) is 19.4. The second-order valence-electron chi connectivity index (χ2n) is 10.4. The molecule has 3 aromatic heterocycles. The number of aryl methyl sites for hydroxylation is 1. The van der Waals surface area contributed by atoms with Gasteiger partial charge in [-0.2, -0.15) is 10.2 Å². The summed E-state index contributed by atoms with van der Waals surface area (Å²) in [5.41, 5.74) is 7.93. The van der Waals surface area contributed by atoms with Gasteiger partial charge in [0.05, 0.1) is 24.1 Å². The lowest BCUT2D eigenvalue weighted by molar-refractivity contribution is -0.149. The molecule has 214 valence electrons. The smallest absolute Gasteiger partial charge is 0.252 e. The highest BCUT2D eigenvalue weighted by molar-refractivity contribution is 5.90. The molecule has 0 spiro atoms. The van der Waals surface area contributed by atoms with E-state index in [-0.39, 0.29) is 17.9 Å². The van der Waals surface area contributed by atoms with Crippen LogP contribution in [0.1, 0.15) is 49.9 Å². The van der Waals surface area contributed by atoms with Crippen LogP contribution in [0.3, 0.4) is 0 Å². The number of pyridine rings is 1. The number of allylic oxidation sites excluding steroid dienone is 1. The number of H-pyrrole nitrogens is 1. The molecule has 0 radical (unpaired) electrons. The number of hydrazine groups is 2. The van der Waals surface area contributed by atoms with Gasteiger partial charge in [0.15, 0.2) is 17.5 Å².